The SMILES string of the molecule is Cc1ccc(C(=O)NCCSCc2cccc(Cl)c2)c(I)c1. The Morgan fingerprint density at radius 1 is 1.27 bits per heavy atom. The van der Waals surface area contributed by atoms with Crippen molar-refractivity contribution in [1.29, 1.82) is 0 Å². The van der Waals surface area contributed by atoms with Gasteiger partial charge in [0.15, 0.2) is 0 Å². The van der Waals surface area contributed by atoms with E-state index in [9.17, 15) is 4.79 Å². The van der Waals surface area contributed by atoms with Crippen LogP contribution in [-0.4, -0.2) is 18.2 Å². The average molecular weight is 446 g/mol. The van der Waals surface area contributed by atoms with E-state index in [1.807, 2.05) is 43.3 Å². The molecular formula is C17H17ClINOS. The maximum absolute atomic E-state index is 12.1. The zero-order valence-corrected chi connectivity index (χ0v) is 16.0. The van der Waals surface area contributed by atoms with Gasteiger partial charge in [-0.1, -0.05) is 35.4 Å². The van der Waals surface area contributed by atoms with Crippen molar-refractivity contribution in [2.24, 2.45) is 0 Å². The van der Waals surface area contributed by atoms with Gasteiger partial charge in [-0.3, -0.25) is 4.79 Å². The fourth-order valence-electron chi connectivity index (χ4n) is 1.95. The standard InChI is InChI=1S/C17H17ClINOS/c1-12-5-6-15(16(19)9-12)17(21)20-7-8-22-11-13-3-2-4-14(18)10-13/h2-6,9-10H,7-8,11H2,1H3,(H,20,21). The molecular weight excluding hydrogens is 429 g/mol. The summed E-state index contributed by atoms with van der Waals surface area (Å²) >= 11 is 9.94. The monoisotopic (exact) mass is 445 g/mol. The summed E-state index contributed by atoms with van der Waals surface area (Å²) in [5, 5.41) is 3.73. The highest BCUT2D eigenvalue weighted by Gasteiger charge is 2.08. The number of nitrogens with one attached hydrogen (secondary N) is 1. The van der Waals surface area contributed by atoms with Gasteiger partial charge >= 0.3 is 0 Å². The van der Waals surface area contributed by atoms with Gasteiger partial charge in [0.05, 0.1) is 5.56 Å². The van der Waals surface area contributed by atoms with Crippen molar-refractivity contribution in [3.05, 3.63) is 67.7 Å². The quantitative estimate of drug-likeness (QED) is 0.505. The Bertz CT molecular complexity index is 663. The number of carbonyl (C=O) groups is 1. The first-order chi connectivity index (χ1) is 10.6. The van der Waals surface area contributed by atoms with E-state index in [-0.39, 0.29) is 5.91 Å². The molecule has 2 aromatic rings. The van der Waals surface area contributed by atoms with Crippen molar-refractivity contribution >= 4 is 51.9 Å². The second kappa shape index (κ2) is 8.79. The van der Waals surface area contributed by atoms with Crippen LogP contribution in [0.2, 0.25) is 5.02 Å². The third kappa shape index (κ3) is 5.48. The van der Waals surface area contributed by atoms with E-state index in [0.29, 0.717) is 6.54 Å². The summed E-state index contributed by atoms with van der Waals surface area (Å²) in [4.78, 5) is 12.1. The van der Waals surface area contributed by atoms with Crippen molar-refractivity contribution in [1.82, 2.24) is 5.32 Å². The van der Waals surface area contributed by atoms with Crippen LogP contribution in [0.25, 0.3) is 0 Å². The molecule has 1 N–H and O–H groups in total. The fourth-order valence-corrected chi connectivity index (χ4v) is 3.89. The third-order valence-electron chi connectivity index (χ3n) is 3.06. The Hall–Kier alpha value is -0.720. The van der Waals surface area contributed by atoms with Gasteiger partial charge in [-0.05, 0) is 59.3 Å². The highest BCUT2D eigenvalue weighted by molar-refractivity contribution is 14.1. The van der Waals surface area contributed by atoms with E-state index in [2.05, 4.69) is 34.0 Å². The van der Waals surface area contributed by atoms with Gasteiger partial charge in [-0.25, -0.2) is 0 Å². The molecule has 0 unspecified atom stereocenters. The third-order valence-corrected chi connectivity index (χ3v) is 5.22. The Morgan fingerprint density at radius 2 is 2.09 bits per heavy atom. The molecule has 0 bridgehead atoms. The minimum Gasteiger partial charge on any atom is -0.351 e. The number of aryl methyl sites for hydroxylation is 1. The summed E-state index contributed by atoms with van der Waals surface area (Å²) in [5.41, 5.74) is 3.11. The minimum atomic E-state index is -0.00671. The van der Waals surface area contributed by atoms with Crippen LogP contribution >= 0.6 is 46.0 Å². The molecule has 2 aromatic carbocycles. The van der Waals surface area contributed by atoms with Crippen molar-refractivity contribution in [3.8, 4) is 0 Å². The highest BCUT2D eigenvalue weighted by Crippen LogP contribution is 2.17. The lowest BCUT2D eigenvalue weighted by Crippen LogP contribution is -2.26. The van der Waals surface area contributed by atoms with Crippen LogP contribution in [0.3, 0.4) is 0 Å². The van der Waals surface area contributed by atoms with Gasteiger partial charge in [0.25, 0.3) is 5.91 Å². The maximum Gasteiger partial charge on any atom is 0.252 e. The molecule has 0 aromatic heterocycles. The molecule has 5 heteroatoms. The van der Waals surface area contributed by atoms with E-state index in [1.54, 1.807) is 11.8 Å². The first kappa shape index (κ1) is 17.6. The number of thioether (sulfide) groups is 1. The van der Waals surface area contributed by atoms with Gasteiger partial charge in [-0.2, -0.15) is 11.8 Å². The molecule has 2 rings (SSSR count). The molecule has 2 nitrogen and oxygen atoms in total. The molecule has 0 aliphatic heterocycles. The molecule has 22 heavy (non-hydrogen) atoms. The van der Waals surface area contributed by atoms with Crippen molar-refractivity contribution in [3.63, 3.8) is 0 Å². The largest absolute Gasteiger partial charge is 0.351 e. The molecule has 0 heterocycles. The summed E-state index contributed by atoms with van der Waals surface area (Å²) in [6.45, 7) is 2.68. The Morgan fingerprint density at radius 3 is 2.82 bits per heavy atom. The molecule has 0 saturated carbocycles. The van der Waals surface area contributed by atoms with Crippen molar-refractivity contribution in [2.75, 3.05) is 12.3 Å². The zero-order valence-electron chi connectivity index (χ0n) is 12.2. The predicted molar refractivity (Wildman–Crippen MR) is 104 cm³/mol. The smallest absolute Gasteiger partial charge is 0.252 e. The van der Waals surface area contributed by atoms with E-state index < -0.39 is 0 Å². The zero-order chi connectivity index (χ0) is 15.9. The number of benzene rings is 2. The number of rotatable bonds is 6. The van der Waals surface area contributed by atoms with Crippen LogP contribution in [0.1, 0.15) is 21.5 Å². The Labute approximate surface area is 154 Å². The van der Waals surface area contributed by atoms with Crippen molar-refractivity contribution in [2.45, 2.75) is 12.7 Å². The van der Waals surface area contributed by atoms with Crippen LogP contribution < -0.4 is 5.32 Å². The summed E-state index contributed by atoms with van der Waals surface area (Å²) in [6, 6.07) is 13.7. The second-order valence-corrected chi connectivity index (χ2v) is 7.63. The lowest BCUT2D eigenvalue weighted by molar-refractivity contribution is 0.0955. The molecule has 0 spiro atoms. The molecule has 1 amide bonds. The number of amides is 1. The molecule has 0 fully saturated rings. The Balaban J connectivity index is 1.73. The normalized spacial score (nSPS) is 10.5. The summed E-state index contributed by atoms with van der Waals surface area (Å²) in [5.74, 6) is 1.77. The second-order valence-electron chi connectivity index (χ2n) is 4.92. The van der Waals surface area contributed by atoms with Crippen LogP contribution in [0, 0.1) is 10.5 Å². The molecule has 0 aliphatic carbocycles. The van der Waals surface area contributed by atoms with Gasteiger partial charge in [0, 0.05) is 26.6 Å². The number of carbonyl (C=O) groups excluding carboxylic acids is 1. The van der Waals surface area contributed by atoms with Gasteiger partial charge < -0.3 is 5.32 Å². The van der Waals surface area contributed by atoms with E-state index in [1.165, 1.54) is 5.56 Å². The first-order valence-corrected chi connectivity index (χ1v) is 9.54. The van der Waals surface area contributed by atoms with Crippen LogP contribution in [-0.2, 0) is 5.75 Å². The fraction of sp³-hybridized carbons (Fsp3) is 0.235. The molecule has 0 aliphatic rings. The predicted octanol–water partition coefficient (Wildman–Crippen LogP) is 4.92. The van der Waals surface area contributed by atoms with Crippen LogP contribution in [0.5, 0.6) is 0 Å². The first-order valence-electron chi connectivity index (χ1n) is 6.93. The highest BCUT2D eigenvalue weighted by atomic mass is 127. The number of halogens is 2. The van der Waals surface area contributed by atoms with E-state index >= 15 is 0 Å². The van der Waals surface area contributed by atoms with Crippen molar-refractivity contribution < 1.29 is 4.79 Å². The number of hydrogen-bond donors (Lipinski definition) is 1. The van der Waals surface area contributed by atoms with Gasteiger partial charge in [-0.15, -0.1) is 0 Å². The van der Waals surface area contributed by atoms with Crippen LogP contribution in [0.4, 0.5) is 0 Å². The topological polar surface area (TPSA) is 29.1 Å². The molecule has 0 saturated heterocycles. The average Bonchev–Trinajstić information content (AvgIpc) is 2.46. The molecule has 0 atom stereocenters. The lowest BCUT2D eigenvalue weighted by Gasteiger charge is -2.08. The lowest BCUT2D eigenvalue weighted by atomic mass is 10.1. The van der Waals surface area contributed by atoms with E-state index in [4.69, 9.17) is 11.6 Å². The maximum atomic E-state index is 12.1. The van der Waals surface area contributed by atoms with Gasteiger partial charge in [0.2, 0.25) is 0 Å². The summed E-state index contributed by atoms with van der Waals surface area (Å²) < 4.78 is 0.988. The molecule has 0 radical (unpaired) electrons. The molecule has 116 valence electrons. The van der Waals surface area contributed by atoms with Gasteiger partial charge in [0.1, 0.15) is 0 Å². The number of hydrogen-bond acceptors (Lipinski definition) is 2. The minimum absolute atomic E-state index is 0.00671. The summed E-state index contributed by atoms with van der Waals surface area (Å²) in [7, 11) is 0. The summed E-state index contributed by atoms with van der Waals surface area (Å²) in [6.07, 6.45) is 0. The van der Waals surface area contributed by atoms with E-state index in [0.717, 1.165) is 31.2 Å². The van der Waals surface area contributed by atoms with Crippen LogP contribution in [0.15, 0.2) is 42.5 Å². The Kier molecular flexibility index (Phi) is 7.05.